The maximum atomic E-state index is 8.77. The Hall–Kier alpha value is -0.890. The molecule has 3 aliphatic rings. The van der Waals surface area contributed by atoms with E-state index in [9.17, 15) is 0 Å². The molecule has 0 amide bonds. The van der Waals surface area contributed by atoms with E-state index in [-0.39, 0.29) is 6.10 Å². The molecule has 0 radical (unpaired) electrons. The zero-order valence-electron chi connectivity index (χ0n) is 12.0. The SMILES string of the molecule is CC1(C)OCC(C2OC3OC(C)(C)OC3C2N=[N+]=[N-])O1. The molecule has 3 aliphatic heterocycles. The molecule has 0 bridgehead atoms. The van der Waals surface area contributed by atoms with E-state index in [2.05, 4.69) is 10.0 Å². The van der Waals surface area contributed by atoms with Crippen molar-refractivity contribution in [2.75, 3.05) is 6.61 Å². The lowest BCUT2D eigenvalue weighted by Gasteiger charge is -2.26. The van der Waals surface area contributed by atoms with Crippen molar-refractivity contribution in [3.63, 3.8) is 0 Å². The molecule has 0 aromatic rings. The van der Waals surface area contributed by atoms with Gasteiger partial charge in [0.25, 0.3) is 0 Å². The van der Waals surface area contributed by atoms with Gasteiger partial charge >= 0.3 is 0 Å². The molecular weight excluding hydrogens is 266 g/mol. The fourth-order valence-corrected chi connectivity index (χ4v) is 2.89. The van der Waals surface area contributed by atoms with Crippen molar-refractivity contribution in [3.8, 4) is 0 Å². The van der Waals surface area contributed by atoms with Gasteiger partial charge < -0.3 is 23.7 Å². The molecule has 0 saturated carbocycles. The van der Waals surface area contributed by atoms with Gasteiger partial charge in [-0.1, -0.05) is 5.11 Å². The Morgan fingerprint density at radius 1 is 1.05 bits per heavy atom. The van der Waals surface area contributed by atoms with Gasteiger partial charge in [0.15, 0.2) is 17.9 Å². The third kappa shape index (κ3) is 2.39. The fourth-order valence-electron chi connectivity index (χ4n) is 2.89. The smallest absolute Gasteiger partial charge is 0.188 e. The van der Waals surface area contributed by atoms with Crippen LogP contribution < -0.4 is 0 Å². The molecule has 3 heterocycles. The second-order valence-corrected chi connectivity index (χ2v) is 6.13. The zero-order chi connectivity index (χ0) is 14.5. The molecule has 5 atom stereocenters. The summed E-state index contributed by atoms with van der Waals surface area (Å²) in [6.07, 6.45) is -1.70. The Labute approximate surface area is 116 Å². The lowest BCUT2D eigenvalue weighted by atomic mass is 10.0. The Morgan fingerprint density at radius 2 is 1.80 bits per heavy atom. The average Bonchev–Trinajstić information content (AvgIpc) is 2.91. The van der Waals surface area contributed by atoms with Crippen LogP contribution in [-0.4, -0.2) is 48.8 Å². The molecular formula is C12H19N3O5. The quantitative estimate of drug-likeness (QED) is 0.437. The van der Waals surface area contributed by atoms with E-state index >= 15 is 0 Å². The van der Waals surface area contributed by atoms with E-state index in [0.29, 0.717) is 6.61 Å². The van der Waals surface area contributed by atoms with Crippen LogP contribution in [0.25, 0.3) is 10.4 Å². The minimum atomic E-state index is -0.740. The Morgan fingerprint density at radius 3 is 2.40 bits per heavy atom. The summed E-state index contributed by atoms with van der Waals surface area (Å²) in [4.78, 5) is 2.90. The highest BCUT2D eigenvalue weighted by Gasteiger charge is 2.57. The number of hydrogen-bond donors (Lipinski definition) is 0. The fraction of sp³-hybridized carbons (Fsp3) is 1.00. The van der Waals surface area contributed by atoms with Crippen molar-refractivity contribution in [1.29, 1.82) is 0 Å². The first kappa shape index (κ1) is 14.1. The van der Waals surface area contributed by atoms with Gasteiger partial charge in [-0.2, -0.15) is 0 Å². The minimum Gasteiger partial charge on any atom is -0.348 e. The predicted octanol–water partition coefficient (Wildman–Crippen LogP) is 1.69. The largest absolute Gasteiger partial charge is 0.348 e. The Bertz CT molecular complexity index is 448. The van der Waals surface area contributed by atoms with Crippen LogP contribution in [0.2, 0.25) is 0 Å². The highest BCUT2D eigenvalue weighted by Crippen LogP contribution is 2.41. The minimum absolute atomic E-state index is 0.304. The van der Waals surface area contributed by atoms with Gasteiger partial charge in [0.2, 0.25) is 0 Å². The van der Waals surface area contributed by atoms with Crippen molar-refractivity contribution in [2.24, 2.45) is 5.11 Å². The summed E-state index contributed by atoms with van der Waals surface area (Å²) in [7, 11) is 0. The summed E-state index contributed by atoms with van der Waals surface area (Å²) in [5.74, 6) is -1.40. The molecule has 0 aromatic heterocycles. The van der Waals surface area contributed by atoms with Crippen molar-refractivity contribution in [2.45, 2.75) is 69.9 Å². The molecule has 0 N–H and O–H groups in total. The van der Waals surface area contributed by atoms with Gasteiger partial charge in [-0.05, 0) is 33.2 Å². The zero-order valence-corrected chi connectivity index (χ0v) is 12.0. The van der Waals surface area contributed by atoms with Crippen molar-refractivity contribution in [3.05, 3.63) is 10.4 Å². The number of nitrogens with zero attached hydrogens (tertiary/aromatic N) is 3. The molecule has 112 valence electrons. The van der Waals surface area contributed by atoms with E-state index in [4.69, 9.17) is 29.2 Å². The molecule has 5 unspecified atom stereocenters. The van der Waals surface area contributed by atoms with Crippen LogP contribution in [0.15, 0.2) is 5.11 Å². The van der Waals surface area contributed by atoms with E-state index in [1.54, 1.807) is 13.8 Å². The van der Waals surface area contributed by atoms with E-state index < -0.39 is 36.1 Å². The number of fused-ring (bicyclic) bond motifs is 1. The average molecular weight is 285 g/mol. The van der Waals surface area contributed by atoms with Crippen LogP contribution in [0, 0.1) is 0 Å². The molecule has 3 rings (SSSR count). The van der Waals surface area contributed by atoms with Gasteiger partial charge in [-0.25, -0.2) is 0 Å². The first-order chi connectivity index (χ1) is 9.31. The number of hydrogen-bond acceptors (Lipinski definition) is 6. The number of ether oxygens (including phenoxy) is 5. The van der Waals surface area contributed by atoms with Crippen LogP contribution in [-0.2, 0) is 23.7 Å². The molecule has 3 saturated heterocycles. The first-order valence-corrected chi connectivity index (χ1v) is 6.68. The molecule has 0 spiro atoms. The van der Waals surface area contributed by atoms with Gasteiger partial charge in [-0.3, -0.25) is 0 Å². The van der Waals surface area contributed by atoms with Gasteiger partial charge in [0, 0.05) is 4.91 Å². The van der Waals surface area contributed by atoms with Crippen molar-refractivity contribution < 1.29 is 23.7 Å². The highest BCUT2D eigenvalue weighted by molar-refractivity contribution is 5.01. The third-order valence-corrected chi connectivity index (χ3v) is 3.63. The van der Waals surface area contributed by atoms with Crippen molar-refractivity contribution in [1.82, 2.24) is 0 Å². The van der Waals surface area contributed by atoms with Crippen LogP contribution in [0.4, 0.5) is 0 Å². The molecule has 20 heavy (non-hydrogen) atoms. The standard InChI is InChI=1S/C12H19N3O5/c1-11(2)16-5-6(18-11)8-7(14-15-13)9-10(17-8)20-12(3,4)19-9/h6-10H,5H2,1-4H3. The second kappa shape index (κ2) is 4.56. The van der Waals surface area contributed by atoms with E-state index in [1.165, 1.54) is 0 Å². The molecule has 3 fully saturated rings. The maximum absolute atomic E-state index is 8.77. The topological polar surface area (TPSA) is 94.9 Å². The highest BCUT2D eigenvalue weighted by atomic mass is 16.8. The maximum Gasteiger partial charge on any atom is 0.188 e. The number of rotatable bonds is 2. The van der Waals surface area contributed by atoms with Gasteiger partial charge in [0.1, 0.15) is 18.3 Å². The lowest BCUT2D eigenvalue weighted by Crippen LogP contribution is -2.41. The molecule has 8 heteroatoms. The van der Waals surface area contributed by atoms with Gasteiger partial charge in [-0.15, -0.1) is 0 Å². The van der Waals surface area contributed by atoms with Crippen LogP contribution in [0.3, 0.4) is 0 Å². The van der Waals surface area contributed by atoms with Crippen LogP contribution in [0.5, 0.6) is 0 Å². The monoisotopic (exact) mass is 285 g/mol. The number of azide groups is 1. The van der Waals surface area contributed by atoms with Gasteiger partial charge in [0.05, 0.1) is 12.6 Å². The summed E-state index contributed by atoms with van der Waals surface area (Å²) in [5, 5.41) is 3.82. The normalized spacial score (nSPS) is 45.1. The Kier molecular flexibility index (Phi) is 3.20. The summed E-state index contributed by atoms with van der Waals surface area (Å²) in [6, 6.07) is -0.491. The summed E-state index contributed by atoms with van der Waals surface area (Å²) >= 11 is 0. The Balaban J connectivity index is 1.78. The molecule has 0 aromatic carbocycles. The van der Waals surface area contributed by atoms with Crippen LogP contribution in [0.1, 0.15) is 27.7 Å². The van der Waals surface area contributed by atoms with Crippen LogP contribution >= 0.6 is 0 Å². The lowest BCUT2D eigenvalue weighted by molar-refractivity contribution is -0.222. The summed E-state index contributed by atoms with van der Waals surface area (Å²) in [6.45, 7) is 7.66. The first-order valence-electron chi connectivity index (χ1n) is 6.68. The summed E-state index contributed by atoms with van der Waals surface area (Å²) in [5.41, 5.74) is 8.77. The molecule has 0 aliphatic carbocycles. The molecule has 8 nitrogen and oxygen atoms in total. The predicted molar refractivity (Wildman–Crippen MR) is 66.5 cm³/mol. The third-order valence-electron chi connectivity index (χ3n) is 3.63. The summed E-state index contributed by atoms with van der Waals surface area (Å²) < 4.78 is 28.6. The second-order valence-electron chi connectivity index (χ2n) is 6.13. The van der Waals surface area contributed by atoms with E-state index in [0.717, 1.165) is 0 Å². The van der Waals surface area contributed by atoms with E-state index in [1.807, 2.05) is 13.8 Å². The van der Waals surface area contributed by atoms with Crippen molar-refractivity contribution >= 4 is 0 Å².